The number of carbonyl (C=O) groups is 1. The van der Waals surface area contributed by atoms with E-state index in [1.807, 2.05) is 31.2 Å². The van der Waals surface area contributed by atoms with Gasteiger partial charge in [0.25, 0.3) is 0 Å². The molecule has 116 valence electrons. The van der Waals surface area contributed by atoms with E-state index in [9.17, 15) is 9.90 Å². The van der Waals surface area contributed by atoms with Crippen LogP contribution in [-0.2, 0) is 10.3 Å². The topological polar surface area (TPSA) is 58.6 Å². The number of nitrogens with one attached hydrogen (secondary N) is 1. The highest BCUT2D eigenvalue weighted by Gasteiger charge is 2.37. The van der Waals surface area contributed by atoms with E-state index >= 15 is 0 Å². The van der Waals surface area contributed by atoms with Gasteiger partial charge in [-0.3, -0.25) is 5.32 Å². The molecule has 0 amide bonds. The summed E-state index contributed by atoms with van der Waals surface area (Å²) in [5.41, 5.74) is -0.281. The summed E-state index contributed by atoms with van der Waals surface area (Å²) >= 11 is 0. The molecule has 1 unspecified atom stereocenters. The molecule has 1 saturated carbocycles. The van der Waals surface area contributed by atoms with Gasteiger partial charge in [0.2, 0.25) is 0 Å². The summed E-state index contributed by atoms with van der Waals surface area (Å²) in [6.45, 7) is 4.29. The van der Waals surface area contributed by atoms with Crippen LogP contribution in [0.4, 0.5) is 0 Å². The molecule has 0 spiro atoms. The first-order valence-electron chi connectivity index (χ1n) is 7.80. The van der Waals surface area contributed by atoms with Crippen molar-refractivity contribution < 1.29 is 14.6 Å². The molecule has 4 heteroatoms. The molecular weight excluding hydrogens is 266 g/mol. The fourth-order valence-corrected chi connectivity index (χ4v) is 2.97. The van der Waals surface area contributed by atoms with Gasteiger partial charge < -0.3 is 9.84 Å². The lowest BCUT2D eigenvalue weighted by molar-refractivity contribution is -0.145. The highest BCUT2D eigenvalue weighted by atomic mass is 16.5. The molecular formula is C17H25NO3. The Balaban J connectivity index is 2.17. The maximum absolute atomic E-state index is 11.8. The Morgan fingerprint density at radius 1 is 1.29 bits per heavy atom. The van der Waals surface area contributed by atoms with Crippen LogP contribution in [0.1, 0.15) is 51.5 Å². The standard InChI is InChI=1S/C17H25NO3/c1-3-21-15-11-9-13(10-12-15)17(2,16(19)20)18-14-7-5-4-6-8-14/h9-12,14,18H,3-8H2,1-2H3,(H,19,20). The minimum atomic E-state index is -1.05. The van der Waals surface area contributed by atoms with Crippen molar-refractivity contribution in [2.24, 2.45) is 0 Å². The summed E-state index contributed by atoms with van der Waals surface area (Å²) in [6, 6.07) is 7.64. The monoisotopic (exact) mass is 291 g/mol. The zero-order valence-electron chi connectivity index (χ0n) is 12.9. The molecule has 1 aliphatic carbocycles. The molecule has 1 aromatic rings. The number of aliphatic carboxylic acids is 1. The molecule has 0 aromatic heterocycles. The predicted molar refractivity (Wildman–Crippen MR) is 82.6 cm³/mol. The smallest absolute Gasteiger partial charge is 0.328 e. The predicted octanol–water partition coefficient (Wildman–Crippen LogP) is 3.31. The van der Waals surface area contributed by atoms with Crippen molar-refractivity contribution in [2.45, 2.75) is 57.5 Å². The van der Waals surface area contributed by atoms with Crippen molar-refractivity contribution in [3.05, 3.63) is 29.8 Å². The molecule has 0 bridgehead atoms. The Bertz CT molecular complexity index is 465. The van der Waals surface area contributed by atoms with Crippen LogP contribution < -0.4 is 10.1 Å². The lowest BCUT2D eigenvalue weighted by atomic mass is 9.87. The van der Waals surface area contributed by atoms with Crippen LogP contribution in [0.3, 0.4) is 0 Å². The summed E-state index contributed by atoms with van der Waals surface area (Å²) in [7, 11) is 0. The Morgan fingerprint density at radius 3 is 2.43 bits per heavy atom. The number of hydrogen-bond donors (Lipinski definition) is 2. The van der Waals surface area contributed by atoms with E-state index in [1.165, 1.54) is 19.3 Å². The lowest BCUT2D eigenvalue weighted by Crippen LogP contribution is -2.51. The Hall–Kier alpha value is -1.55. The van der Waals surface area contributed by atoms with Crippen molar-refractivity contribution in [1.29, 1.82) is 0 Å². The van der Waals surface area contributed by atoms with E-state index in [0.717, 1.165) is 24.2 Å². The van der Waals surface area contributed by atoms with Crippen LogP contribution in [0, 0.1) is 0 Å². The van der Waals surface area contributed by atoms with Crippen LogP contribution in [0.25, 0.3) is 0 Å². The van der Waals surface area contributed by atoms with Crippen LogP contribution in [-0.4, -0.2) is 23.7 Å². The van der Waals surface area contributed by atoms with E-state index in [0.29, 0.717) is 6.61 Å². The van der Waals surface area contributed by atoms with Crippen LogP contribution in [0.2, 0.25) is 0 Å². The molecule has 2 N–H and O–H groups in total. The third kappa shape index (κ3) is 3.76. The van der Waals surface area contributed by atoms with Crippen LogP contribution >= 0.6 is 0 Å². The first-order chi connectivity index (χ1) is 10.1. The molecule has 21 heavy (non-hydrogen) atoms. The second kappa shape index (κ2) is 6.94. The average Bonchev–Trinajstić information content (AvgIpc) is 2.49. The second-order valence-corrected chi connectivity index (χ2v) is 5.87. The summed E-state index contributed by atoms with van der Waals surface area (Å²) in [4.78, 5) is 11.8. The number of ether oxygens (including phenoxy) is 1. The van der Waals surface area contributed by atoms with Gasteiger partial charge in [-0.05, 0) is 44.4 Å². The molecule has 2 rings (SSSR count). The number of carboxylic acid groups (broad SMARTS) is 1. The van der Waals surface area contributed by atoms with E-state index in [1.54, 1.807) is 6.92 Å². The zero-order valence-corrected chi connectivity index (χ0v) is 12.9. The van der Waals surface area contributed by atoms with Crippen LogP contribution in [0.15, 0.2) is 24.3 Å². The van der Waals surface area contributed by atoms with Gasteiger partial charge in [-0.25, -0.2) is 4.79 Å². The van der Waals surface area contributed by atoms with Crippen molar-refractivity contribution in [3.63, 3.8) is 0 Å². The van der Waals surface area contributed by atoms with Gasteiger partial charge in [-0.15, -0.1) is 0 Å². The number of hydrogen-bond acceptors (Lipinski definition) is 3. The van der Waals surface area contributed by atoms with Gasteiger partial charge in [-0.2, -0.15) is 0 Å². The molecule has 0 aliphatic heterocycles. The highest BCUT2D eigenvalue weighted by molar-refractivity contribution is 5.80. The maximum atomic E-state index is 11.8. The van der Waals surface area contributed by atoms with Crippen molar-refractivity contribution >= 4 is 5.97 Å². The fraction of sp³-hybridized carbons (Fsp3) is 0.588. The van der Waals surface area contributed by atoms with Gasteiger partial charge in [0.15, 0.2) is 0 Å². The minimum absolute atomic E-state index is 0.284. The third-order valence-electron chi connectivity index (χ3n) is 4.27. The van der Waals surface area contributed by atoms with E-state index in [4.69, 9.17) is 4.74 Å². The molecule has 1 aromatic carbocycles. The molecule has 1 atom stereocenters. The number of carboxylic acids is 1. The molecule has 1 aliphatic rings. The largest absolute Gasteiger partial charge is 0.494 e. The van der Waals surface area contributed by atoms with Gasteiger partial charge in [-0.1, -0.05) is 31.4 Å². The summed E-state index contributed by atoms with van der Waals surface area (Å²) in [6.07, 6.45) is 5.72. The normalized spacial score (nSPS) is 19.0. The van der Waals surface area contributed by atoms with Crippen molar-refractivity contribution in [2.75, 3.05) is 6.61 Å². The highest BCUT2D eigenvalue weighted by Crippen LogP contribution is 2.27. The van der Waals surface area contributed by atoms with Crippen LogP contribution in [0.5, 0.6) is 5.75 Å². The second-order valence-electron chi connectivity index (χ2n) is 5.87. The minimum Gasteiger partial charge on any atom is -0.494 e. The third-order valence-corrected chi connectivity index (χ3v) is 4.27. The molecule has 0 saturated heterocycles. The zero-order chi connectivity index (χ0) is 15.3. The number of benzene rings is 1. The van der Waals surface area contributed by atoms with E-state index < -0.39 is 11.5 Å². The summed E-state index contributed by atoms with van der Waals surface area (Å²) < 4.78 is 5.42. The lowest BCUT2D eigenvalue weighted by Gasteiger charge is -2.34. The van der Waals surface area contributed by atoms with E-state index in [-0.39, 0.29) is 6.04 Å². The quantitative estimate of drug-likeness (QED) is 0.844. The van der Waals surface area contributed by atoms with Gasteiger partial charge in [0.1, 0.15) is 11.3 Å². The first kappa shape index (κ1) is 15.8. The Morgan fingerprint density at radius 2 is 1.90 bits per heavy atom. The molecule has 4 nitrogen and oxygen atoms in total. The van der Waals surface area contributed by atoms with Gasteiger partial charge >= 0.3 is 5.97 Å². The Labute approximate surface area is 126 Å². The Kier molecular flexibility index (Phi) is 5.23. The fourth-order valence-electron chi connectivity index (χ4n) is 2.97. The average molecular weight is 291 g/mol. The first-order valence-corrected chi connectivity index (χ1v) is 7.80. The van der Waals surface area contributed by atoms with Gasteiger partial charge in [0.05, 0.1) is 6.61 Å². The molecule has 1 fully saturated rings. The molecule has 0 heterocycles. The number of rotatable bonds is 6. The summed E-state index contributed by atoms with van der Waals surface area (Å²) in [5, 5.41) is 13.1. The molecule has 0 radical (unpaired) electrons. The SMILES string of the molecule is CCOc1ccc(C(C)(NC2CCCCC2)C(=O)O)cc1. The van der Waals surface area contributed by atoms with E-state index in [2.05, 4.69) is 5.32 Å². The van der Waals surface area contributed by atoms with Crippen molar-refractivity contribution in [1.82, 2.24) is 5.32 Å². The van der Waals surface area contributed by atoms with Crippen molar-refractivity contribution in [3.8, 4) is 5.75 Å². The van der Waals surface area contributed by atoms with Gasteiger partial charge in [0, 0.05) is 6.04 Å². The summed E-state index contributed by atoms with van der Waals surface area (Å²) in [5.74, 6) is -0.0658. The maximum Gasteiger partial charge on any atom is 0.328 e.